The smallest absolute Gasteiger partial charge is 0.273 e. The fraction of sp³-hybridized carbons (Fsp3) is 0.333. The summed E-state index contributed by atoms with van der Waals surface area (Å²) in [6, 6.07) is 4.57. The Morgan fingerprint density at radius 1 is 1.35 bits per heavy atom. The second-order valence-electron chi connectivity index (χ2n) is 4.76. The molecule has 1 heterocycles. The van der Waals surface area contributed by atoms with Crippen molar-refractivity contribution in [3.05, 3.63) is 41.6 Å². The summed E-state index contributed by atoms with van der Waals surface area (Å²) in [5, 5.41) is 11.6. The minimum Gasteiger partial charge on any atom is -0.497 e. The third-order valence-electron chi connectivity index (χ3n) is 3.13. The molecule has 0 aliphatic heterocycles. The zero-order chi connectivity index (χ0) is 16.8. The first-order valence-electron chi connectivity index (χ1n) is 6.89. The predicted molar refractivity (Wildman–Crippen MR) is 81.2 cm³/mol. The number of hydrogen-bond acceptors (Lipinski definition) is 7. The molecule has 0 bridgehead atoms. The number of benzene rings is 1. The van der Waals surface area contributed by atoms with Crippen molar-refractivity contribution in [1.82, 2.24) is 10.3 Å². The molecule has 0 saturated carbocycles. The van der Waals surface area contributed by atoms with Crippen LogP contribution in [0.3, 0.4) is 0 Å². The number of nitrogens with one attached hydrogen (secondary N) is 1. The second kappa shape index (κ2) is 7.61. The van der Waals surface area contributed by atoms with E-state index >= 15 is 0 Å². The predicted octanol–water partition coefficient (Wildman–Crippen LogP) is 0.614. The third kappa shape index (κ3) is 4.21. The maximum atomic E-state index is 12.1. The Morgan fingerprint density at radius 2 is 2.00 bits per heavy atom. The number of carbonyl (C=O) groups is 1. The number of methoxy groups -OCH3 is 2. The number of aliphatic hydroxyl groups excluding tert-OH is 1. The lowest BCUT2D eigenvalue weighted by Gasteiger charge is -2.09. The molecule has 0 spiro atoms. The van der Waals surface area contributed by atoms with Gasteiger partial charge in [-0.25, -0.2) is 4.98 Å². The first-order chi connectivity index (χ1) is 11.1. The summed E-state index contributed by atoms with van der Waals surface area (Å²) in [5.74, 6) is 0.963. The fourth-order valence-electron chi connectivity index (χ4n) is 1.88. The van der Waals surface area contributed by atoms with E-state index in [4.69, 9.17) is 24.7 Å². The summed E-state index contributed by atoms with van der Waals surface area (Å²) in [5.41, 5.74) is 6.48. The standard InChI is InChI=1S/C15H19N3O5/c1-21-10-3-9(4-11(5-10)22-2)6-17-14(20)13-8-23-15(18-13)12(16)7-19/h3-5,8,12,19H,6-7,16H2,1-2H3,(H,17,20). The highest BCUT2D eigenvalue weighted by Gasteiger charge is 2.16. The summed E-state index contributed by atoms with van der Waals surface area (Å²) in [7, 11) is 3.11. The van der Waals surface area contributed by atoms with Gasteiger partial charge < -0.3 is 30.0 Å². The van der Waals surface area contributed by atoms with Crippen LogP contribution in [-0.2, 0) is 6.54 Å². The highest BCUT2D eigenvalue weighted by molar-refractivity contribution is 5.91. The molecule has 0 fully saturated rings. The molecule has 0 aliphatic rings. The molecule has 1 amide bonds. The molecule has 1 atom stereocenters. The highest BCUT2D eigenvalue weighted by Crippen LogP contribution is 2.22. The van der Waals surface area contributed by atoms with Crippen LogP contribution in [0.1, 0.15) is 28.0 Å². The summed E-state index contributed by atoms with van der Waals surface area (Å²) < 4.78 is 15.4. The van der Waals surface area contributed by atoms with Crippen molar-refractivity contribution in [2.24, 2.45) is 5.73 Å². The second-order valence-corrected chi connectivity index (χ2v) is 4.76. The Morgan fingerprint density at radius 3 is 2.57 bits per heavy atom. The Bertz CT molecular complexity index is 649. The molecule has 8 heteroatoms. The van der Waals surface area contributed by atoms with Crippen LogP contribution in [-0.4, -0.2) is 36.8 Å². The largest absolute Gasteiger partial charge is 0.497 e. The lowest BCUT2D eigenvalue weighted by molar-refractivity contribution is 0.0945. The topological polar surface area (TPSA) is 120 Å². The lowest BCUT2D eigenvalue weighted by atomic mass is 10.2. The number of rotatable bonds is 7. The van der Waals surface area contributed by atoms with Gasteiger partial charge in [-0.05, 0) is 17.7 Å². The normalized spacial score (nSPS) is 11.8. The number of nitrogens with zero attached hydrogens (tertiary/aromatic N) is 1. The van der Waals surface area contributed by atoms with Gasteiger partial charge in [-0.1, -0.05) is 0 Å². The van der Waals surface area contributed by atoms with E-state index in [0.29, 0.717) is 11.5 Å². The van der Waals surface area contributed by atoms with Gasteiger partial charge in [-0.15, -0.1) is 0 Å². The van der Waals surface area contributed by atoms with E-state index in [-0.39, 0.29) is 24.7 Å². The number of nitrogens with two attached hydrogens (primary N) is 1. The van der Waals surface area contributed by atoms with Crippen LogP contribution in [0.4, 0.5) is 0 Å². The molecular weight excluding hydrogens is 302 g/mol. The van der Waals surface area contributed by atoms with Crippen LogP contribution in [0, 0.1) is 0 Å². The van der Waals surface area contributed by atoms with Crippen LogP contribution in [0.5, 0.6) is 11.5 Å². The van der Waals surface area contributed by atoms with Gasteiger partial charge in [0.15, 0.2) is 5.69 Å². The van der Waals surface area contributed by atoms with Crippen molar-refractivity contribution >= 4 is 5.91 Å². The van der Waals surface area contributed by atoms with E-state index < -0.39 is 11.9 Å². The molecule has 8 nitrogen and oxygen atoms in total. The Labute approximate surface area is 133 Å². The van der Waals surface area contributed by atoms with Crippen molar-refractivity contribution < 1.29 is 23.8 Å². The molecule has 1 aromatic heterocycles. The van der Waals surface area contributed by atoms with Crippen LogP contribution >= 0.6 is 0 Å². The monoisotopic (exact) mass is 321 g/mol. The molecule has 0 aliphatic carbocycles. The van der Waals surface area contributed by atoms with Gasteiger partial charge in [0.1, 0.15) is 23.8 Å². The van der Waals surface area contributed by atoms with Gasteiger partial charge in [-0.2, -0.15) is 0 Å². The Hall–Kier alpha value is -2.58. The van der Waals surface area contributed by atoms with Crippen molar-refractivity contribution in [3.63, 3.8) is 0 Å². The molecular formula is C15H19N3O5. The quantitative estimate of drug-likeness (QED) is 0.683. The summed E-state index contributed by atoms with van der Waals surface area (Å²) in [6.07, 6.45) is 1.20. The van der Waals surface area contributed by atoms with Crippen LogP contribution in [0.2, 0.25) is 0 Å². The van der Waals surface area contributed by atoms with Crippen LogP contribution in [0.15, 0.2) is 28.9 Å². The number of hydrogen-bond donors (Lipinski definition) is 3. The lowest BCUT2D eigenvalue weighted by Crippen LogP contribution is -2.23. The zero-order valence-corrected chi connectivity index (χ0v) is 12.9. The molecule has 4 N–H and O–H groups in total. The van der Waals surface area contributed by atoms with Crippen molar-refractivity contribution in [3.8, 4) is 11.5 Å². The molecule has 23 heavy (non-hydrogen) atoms. The Balaban J connectivity index is 2.02. The minimum absolute atomic E-state index is 0.0961. The SMILES string of the molecule is COc1cc(CNC(=O)c2coc(C(N)CO)n2)cc(OC)c1. The number of aromatic nitrogens is 1. The van der Waals surface area contributed by atoms with Gasteiger partial charge in [0.25, 0.3) is 5.91 Å². The molecule has 0 radical (unpaired) electrons. The number of ether oxygens (including phenoxy) is 2. The van der Waals surface area contributed by atoms with Gasteiger partial charge in [0, 0.05) is 12.6 Å². The van der Waals surface area contributed by atoms with Crippen molar-refractivity contribution in [1.29, 1.82) is 0 Å². The minimum atomic E-state index is -0.751. The van der Waals surface area contributed by atoms with Crippen LogP contribution < -0.4 is 20.5 Å². The van der Waals surface area contributed by atoms with E-state index in [1.54, 1.807) is 32.4 Å². The number of carbonyl (C=O) groups excluding carboxylic acids is 1. The van der Waals surface area contributed by atoms with Gasteiger partial charge in [-0.3, -0.25) is 4.79 Å². The van der Waals surface area contributed by atoms with Crippen LogP contribution in [0.25, 0.3) is 0 Å². The first-order valence-corrected chi connectivity index (χ1v) is 6.89. The van der Waals surface area contributed by atoms with E-state index in [0.717, 1.165) is 5.56 Å². The average molecular weight is 321 g/mol. The van der Waals surface area contributed by atoms with Gasteiger partial charge >= 0.3 is 0 Å². The Kier molecular flexibility index (Phi) is 5.56. The van der Waals surface area contributed by atoms with Gasteiger partial charge in [0.05, 0.1) is 20.8 Å². The molecule has 1 aromatic carbocycles. The summed E-state index contributed by atoms with van der Waals surface area (Å²) in [4.78, 5) is 16.0. The third-order valence-corrected chi connectivity index (χ3v) is 3.13. The molecule has 2 rings (SSSR count). The zero-order valence-electron chi connectivity index (χ0n) is 12.9. The van der Waals surface area contributed by atoms with E-state index in [1.807, 2.05) is 0 Å². The van der Waals surface area contributed by atoms with Crippen molar-refractivity contribution in [2.75, 3.05) is 20.8 Å². The number of aliphatic hydroxyl groups is 1. The first kappa shape index (κ1) is 16.8. The summed E-state index contributed by atoms with van der Waals surface area (Å²) >= 11 is 0. The number of amides is 1. The maximum Gasteiger partial charge on any atom is 0.273 e. The highest BCUT2D eigenvalue weighted by atomic mass is 16.5. The maximum absolute atomic E-state index is 12.1. The van der Waals surface area contributed by atoms with Crippen molar-refractivity contribution in [2.45, 2.75) is 12.6 Å². The molecule has 124 valence electrons. The fourth-order valence-corrected chi connectivity index (χ4v) is 1.88. The van der Waals surface area contributed by atoms with Gasteiger partial charge in [0.2, 0.25) is 5.89 Å². The molecule has 0 saturated heterocycles. The van der Waals surface area contributed by atoms with E-state index in [9.17, 15) is 4.79 Å². The van der Waals surface area contributed by atoms with E-state index in [1.165, 1.54) is 6.26 Å². The van der Waals surface area contributed by atoms with E-state index in [2.05, 4.69) is 10.3 Å². The molecule has 1 unspecified atom stereocenters. The summed E-state index contributed by atoms with van der Waals surface area (Å²) in [6.45, 7) is -0.0498. The average Bonchev–Trinajstić information content (AvgIpc) is 3.08. The number of oxazole rings is 1. The molecule has 2 aromatic rings.